The summed E-state index contributed by atoms with van der Waals surface area (Å²) < 4.78 is 18.2. The zero-order chi connectivity index (χ0) is 20.2. The molecule has 1 fully saturated rings. The minimum absolute atomic E-state index is 0.0554. The summed E-state index contributed by atoms with van der Waals surface area (Å²) in [5, 5.41) is 1.31. The molecule has 1 aliphatic rings. The van der Waals surface area contributed by atoms with E-state index in [1.165, 1.54) is 42.0 Å². The molecule has 1 saturated heterocycles. The van der Waals surface area contributed by atoms with Crippen molar-refractivity contribution in [1.29, 1.82) is 0 Å². The molecule has 4 rings (SSSR count). The lowest BCUT2D eigenvalue weighted by Gasteiger charge is -2.24. The standard InChI is InChI=1S/C24H27FN2O2/c1-29-24(28)22(25)13-17-8-10-18(11-9-17)16-27-12-4-5-20(27)14-19-15-26-23-7-3-2-6-21(19)23/h2-3,6-11,15,20,22,26H,4-5,12-14,16H2,1H3/t20-,22?/m1/s1. The average molecular weight is 394 g/mol. The van der Waals surface area contributed by atoms with Crippen LogP contribution in [0.1, 0.15) is 29.5 Å². The fourth-order valence-electron chi connectivity index (χ4n) is 4.32. The molecule has 0 saturated carbocycles. The fraction of sp³-hybridized carbons (Fsp3) is 0.375. The molecule has 152 valence electrons. The van der Waals surface area contributed by atoms with E-state index in [4.69, 9.17) is 0 Å². The number of methoxy groups -OCH3 is 1. The average Bonchev–Trinajstić information content (AvgIpc) is 3.36. The lowest BCUT2D eigenvalue weighted by atomic mass is 10.0. The largest absolute Gasteiger partial charge is 0.467 e. The normalized spacial score (nSPS) is 18.2. The van der Waals surface area contributed by atoms with Gasteiger partial charge in [0.1, 0.15) is 0 Å². The van der Waals surface area contributed by atoms with Gasteiger partial charge in [-0.3, -0.25) is 4.90 Å². The van der Waals surface area contributed by atoms with E-state index in [-0.39, 0.29) is 6.42 Å². The molecule has 0 spiro atoms. The van der Waals surface area contributed by atoms with Crippen molar-refractivity contribution >= 4 is 16.9 Å². The molecule has 0 radical (unpaired) electrons. The third kappa shape index (κ3) is 4.51. The van der Waals surface area contributed by atoms with Gasteiger partial charge in [0.05, 0.1) is 7.11 Å². The molecule has 29 heavy (non-hydrogen) atoms. The van der Waals surface area contributed by atoms with Gasteiger partial charge in [-0.05, 0) is 48.6 Å². The van der Waals surface area contributed by atoms with Crippen LogP contribution in [-0.2, 0) is 28.9 Å². The van der Waals surface area contributed by atoms with E-state index >= 15 is 0 Å². The van der Waals surface area contributed by atoms with Gasteiger partial charge in [0.2, 0.25) is 6.17 Å². The number of benzene rings is 2. The number of carbonyl (C=O) groups excluding carboxylic acids is 1. The summed E-state index contributed by atoms with van der Waals surface area (Å²) in [6.07, 6.45) is 4.06. The Morgan fingerprint density at radius 2 is 1.97 bits per heavy atom. The first kappa shape index (κ1) is 19.6. The first-order chi connectivity index (χ1) is 14.1. The van der Waals surface area contributed by atoms with Crippen molar-refractivity contribution < 1.29 is 13.9 Å². The molecule has 0 bridgehead atoms. The molecule has 2 aromatic carbocycles. The summed E-state index contributed by atoms with van der Waals surface area (Å²) in [7, 11) is 1.21. The smallest absolute Gasteiger partial charge is 0.340 e. The monoisotopic (exact) mass is 394 g/mol. The van der Waals surface area contributed by atoms with Crippen LogP contribution in [0.15, 0.2) is 54.7 Å². The van der Waals surface area contributed by atoms with Gasteiger partial charge in [-0.1, -0.05) is 42.5 Å². The van der Waals surface area contributed by atoms with E-state index in [1.807, 2.05) is 24.3 Å². The number of likely N-dealkylation sites (tertiary alicyclic amines) is 1. The topological polar surface area (TPSA) is 45.3 Å². The highest BCUT2D eigenvalue weighted by molar-refractivity contribution is 5.83. The lowest BCUT2D eigenvalue weighted by molar-refractivity contribution is -0.146. The number of H-pyrrole nitrogens is 1. The highest BCUT2D eigenvalue weighted by Gasteiger charge is 2.25. The summed E-state index contributed by atoms with van der Waals surface area (Å²) in [4.78, 5) is 17.2. The number of hydrogen-bond acceptors (Lipinski definition) is 3. The Balaban J connectivity index is 1.39. The Morgan fingerprint density at radius 1 is 1.21 bits per heavy atom. The predicted octanol–water partition coefficient (Wildman–Crippen LogP) is 4.43. The van der Waals surface area contributed by atoms with Crippen molar-refractivity contribution in [2.24, 2.45) is 0 Å². The zero-order valence-corrected chi connectivity index (χ0v) is 16.7. The van der Waals surface area contributed by atoms with Crippen molar-refractivity contribution in [3.8, 4) is 0 Å². The van der Waals surface area contributed by atoms with Crippen LogP contribution in [0.4, 0.5) is 4.39 Å². The Morgan fingerprint density at radius 3 is 2.76 bits per heavy atom. The quantitative estimate of drug-likeness (QED) is 0.603. The summed E-state index contributed by atoms with van der Waals surface area (Å²) in [5.74, 6) is -0.814. The number of para-hydroxylation sites is 1. The number of hydrogen-bond donors (Lipinski definition) is 1. The molecule has 0 amide bonds. The van der Waals surface area contributed by atoms with E-state index in [9.17, 15) is 9.18 Å². The van der Waals surface area contributed by atoms with Crippen LogP contribution in [0.2, 0.25) is 0 Å². The summed E-state index contributed by atoms with van der Waals surface area (Å²) in [6, 6.07) is 16.9. The maximum absolute atomic E-state index is 13.8. The van der Waals surface area contributed by atoms with Crippen LogP contribution in [0.3, 0.4) is 0 Å². The van der Waals surface area contributed by atoms with Crippen LogP contribution < -0.4 is 0 Å². The Labute approximate surface area is 170 Å². The van der Waals surface area contributed by atoms with E-state index < -0.39 is 12.1 Å². The molecular formula is C24H27FN2O2. The first-order valence-electron chi connectivity index (χ1n) is 10.2. The maximum Gasteiger partial charge on any atom is 0.340 e. The van der Waals surface area contributed by atoms with E-state index in [0.717, 1.165) is 25.1 Å². The highest BCUT2D eigenvalue weighted by Crippen LogP contribution is 2.27. The second kappa shape index (κ2) is 8.78. The van der Waals surface area contributed by atoms with Gasteiger partial charge in [-0.25, -0.2) is 9.18 Å². The minimum Gasteiger partial charge on any atom is -0.467 e. The van der Waals surface area contributed by atoms with Gasteiger partial charge in [0.15, 0.2) is 0 Å². The van der Waals surface area contributed by atoms with Gasteiger partial charge < -0.3 is 9.72 Å². The Hall–Kier alpha value is -2.66. The number of aromatic nitrogens is 1. The molecule has 2 atom stereocenters. The van der Waals surface area contributed by atoms with Gasteiger partial charge in [-0.15, -0.1) is 0 Å². The van der Waals surface area contributed by atoms with Gasteiger partial charge in [0, 0.05) is 36.1 Å². The number of nitrogens with zero attached hydrogens (tertiary/aromatic N) is 1. The number of carbonyl (C=O) groups is 1. The first-order valence-corrected chi connectivity index (χ1v) is 10.2. The molecule has 0 aliphatic carbocycles. The zero-order valence-electron chi connectivity index (χ0n) is 16.7. The highest BCUT2D eigenvalue weighted by atomic mass is 19.1. The summed E-state index contributed by atoms with van der Waals surface area (Å²) in [5.41, 5.74) is 4.60. The van der Waals surface area contributed by atoms with Crippen LogP contribution >= 0.6 is 0 Å². The molecule has 2 heterocycles. The minimum atomic E-state index is -1.61. The second-order valence-corrected chi connectivity index (χ2v) is 7.84. The molecule has 4 nitrogen and oxygen atoms in total. The third-order valence-electron chi connectivity index (χ3n) is 5.91. The summed E-state index contributed by atoms with van der Waals surface area (Å²) >= 11 is 0. The molecule has 1 N–H and O–H groups in total. The van der Waals surface area contributed by atoms with Gasteiger partial charge >= 0.3 is 5.97 Å². The van der Waals surface area contributed by atoms with Gasteiger partial charge in [-0.2, -0.15) is 0 Å². The van der Waals surface area contributed by atoms with Crippen LogP contribution in [0.25, 0.3) is 10.9 Å². The molecule has 1 unspecified atom stereocenters. The van der Waals surface area contributed by atoms with Crippen LogP contribution in [0, 0.1) is 0 Å². The fourth-order valence-corrected chi connectivity index (χ4v) is 4.32. The number of esters is 1. The molecule has 3 aromatic rings. The second-order valence-electron chi connectivity index (χ2n) is 7.84. The summed E-state index contributed by atoms with van der Waals surface area (Å²) in [6.45, 7) is 1.99. The van der Waals surface area contributed by atoms with E-state index in [0.29, 0.717) is 6.04 Å². The van der Waals surface area contributed by atoms with E-state index in [1.54, 1.807) is 0 Å². The Bertz CT molecular complexity index is 966. The van der Waals surface area contributed by atoms with Crippen LogP contribution in [0.5, 0.6) is 0 Å². The molecule has 1 aromatic heterocycles. The van der Waals surface area contributed by atoms with Crippen molar-refractivity contribution in [2.75, 3.05) is 13.7 Å². The third-order valence-corrected chi connectivity index (χ3v) is 5.91. The lowest BCUT2D eigenvalue weighted by Crippen LogP contribution is -2.30. The number of halogens is 1. The maximum atomic E-state index is 13.8. The van der Waals surface area contributed by atoms with Crippen molar-refractivity contribution in [1.82, 2.24) is 9.88 Å². The number of ether oxygens (including phenoxy) is 1. The number of aromatic amines is 1. The number of fused-ring (bicyclic) bond motifs is 1. The predicted molar refractivity (Wildman–Crippen MR) is 112 cm³/mol. The molecule has 1 aliphatic heterocycles. The molecular weight excluding hydrogens is 367 g/mol. The van der Waals surface area contributed by atoms with Crippen molar-refractivity contribution in [3.05, 3.63) is 71.4 Å². The van der Waals surface area contributed by atoms with Gasteiger partial charge in [0.25, 0.3) is 0 Å². The number of nitrogens with one attached hydrogen (secondary N) is 1. The number of rotatable bonds is 7. The van der Waals surface area contributed by atoms with E-state index in [2.05, 4.69) is 45.1 Å². The van der Waals surface area contributed by atoms with Crippen LogP contribution in [-0.4, -0.2) is 41.7 Å². The molecule has 5 heteroatoms. The Kier molecular flexibility index (Phi) is 5.95. The number of alkyl halides is 1. The van der Waals surface area contributed by atoms with Crippen molar-refractivity contribution in [2.45, 2.75) is 44.4 Å². The SMILES string of the molecule is COC(=O)C(F)Cc1ccc(CN2CCC[C@@H]2Cc2c[nH]c3ccccc23)cc1. The van der Waals surface area contributed by atoms with Crippen molar-refractivity contribution in [3.63, 3.8) is 0 Å².